The Morgan fingerprint density at radius 1 is 1.46 bits per heavy atom. The fourth-order valence-corrected chi connectivity index (χ4v) is 1.50. The zero-order valence-electron chi connectivity index (χ0n) is 7.20. The van der Waals surface area contributed by atoms with Crippen LogP contribution in [0.2, 0.25) is 0 Å². The van der Waals surface area contributed by atoms with Crippen LogP contribution in [-0.2, 0) is 0 Å². The predicted molar refractivity (Wildman–Crippen MR) is 47.7 cm³/mol. The van der Waals surface area contributed by atoms with Gasteiger partial charge in [-0.15, -0.1) is 0 Å². The van der Waals surface area contributed by atoms with E-state index in [9.17, 15) is 9.50 Å². The SMILES string of the molecule is N[C@@H](c1cc(F)ccc1O)C1CC1. The van der Waals surface area contributed by atoms with Crippen molar-refractivity contribution in [1.29, 1.82) is 0 Å². The molecule has 0 unspecified atom stereocenters. The van der Waals surface area contributed by atoms with E-state index in [1.54, 1.807) is 0 Å². The normalized spacial score (nSPS) is 18.6. The number of phenols is 1. The standard InChI is InChI=1S/C10H12FNO/c11-7-3-4-9(13)8(5-7)10(12)6-1-2-6/h3-6,10,13H,1-2,12H2/t10-/m1/s1. The molecule has 1 aromatic carbocycles. The molecule has 2 rings (SSSR count). The highest BCUT2D eigenvalue weighted by atomic mass is 19.1. The van der Waals surface area contributed by atoms with Gasteiger partial charge in [0.2, 0.25) is 0 Å². The van der Waals surface area contributed by atoms with Gasteiger partial charge >= 0.3 is 0 Å². The van der Waals surface area contributed by atoms with Gasteiger partial charge in [0.25, 0.3) is 0 Å². The number of nitrogens with two attached hydrogens (primary N) is 1. The minimum atomic E-state index is -0.344. The van der Waals surface area contributed by atoms with Gasteiger partial charge in [0, 0.05) is 11.6 Å². The highest BCUT2D eigenvalue weighted by Crippen LogP contribution is 2.41. The monoisotopic (exact) mass is 181 g/mol. The molecule has 1 aromatic rings. The van der Waals surface area contributed by atoms with Crippen LogP contribution in [0.5, 0.6) is 5.75 Å². The molecule has 1 fully saturated rings. The maximum absolute atomic E-state index is 12.8. The van der Waals surface area contributed by atoms with Crippen molar-refractivity contribution in [2.24, 2.45) is 11.7 Å². The molecule has 0 heterocycles. The predicted octanol–water partition coefficient (Wildman–Crippen LogP) is 1.94. The van der Waals surface area contributed by atoms with E-state index in [0.717, 1.165) is 12.8 Å². The van der Waals surface area contributed by atoms with Gasteiger partial charge in [0.15, 0.2) is 0 Å². The molecule has 1 aliphatic carbocycles. The molecule has 3 heteroatoms. The van der Waals surface area contributed by atoms with Gasteiger partial charge in [-0.25, -0.2) is 4.39 Å². The Bertz CT molecular complexity index is 323. The molecule has 0 saturated heterocycles. The van der Waals surface area contributed by atoms with Crippen LogP contribution < -0.4 is 5.73 Å². The van der Waals surface area contributed by atoms with E-state index in [0.29, 0.717) is 11.5 Å². The molecule has 70 valence electrons. The highest BCUT2D eigenvalue weighted by Gasteiger charge is 2.31. The molecule has 0 amide bonds. The third-order valence-corrected chi connectivity index (χ3v) is 2.48. The average Bonchev–Trinajstić information content (AvgIpc) is 2.91. The van der Waals surface area contributed by atoms with Crippen LogP contribution in [-0.4, -0.2) is 5.11 Å². The lowest BCUT2D eigenvalue weighted by Crippen LogP contribution is -2.12. The van der Waals surface area contributed by atoms with Gasteiger partial charge in [-0.1, -0.05) is 0 Å². The smallest absolute Gasteiger partial charge is 0.123 e. The summed E-state index contributed by atoms with van der Waals surface area (Å²) in [6, 6.07) is 3.69. The summed E-state index contributed by atoms with van der Waals surface area (Å²) in [4.78, 5) is 0. The second-order valence-corrected chi connectivity index (χ2v) is 3.57. The topological polar surface area (TPSA) is 46.2 Å². The summed E-state index contributed by atoms with van der Waals surface area (Å²) >= 11 is 0. The first kappa shape index (κ1) is 8.51. The lowest BCUT2D eigenvalue weighted by molar-refractivity contribution is 0.453. The van der Waals surface area contributed by atoms with Gasteiger partial charge in [-0.2, -0.15) is 0 Å². The van der Waals surface area contributed by atoms with Crippen molar-refractivity contribution >= 4 is 0 Å². The summed E-state index contributed by atoms with van der Waals surface area (Å²) in [5.74, 6) is 0.178. The van der Waals surface area contributed by atoms with Crippen LogP contribution in [0.3, 0.4) is 0 Å². The number of hydrogen-bond acceptors (Lipinski definition) is 2. The van der Waals surface area contributed by atoms with Gasteiger partial charge < -0.3 is 10.8 Å². The van der Waals surface area contributed by atoms with Crippen LogP contribution in [0, 0.1) is 11.7 Å². The van der Waals surface area contributed by atoms with Crippen LogP contribution in [0.15, 0.2) is 18.2 Å². The molecule has 0 aromatic heterocycles. The maximum atomic E-state index is 12.8. The fraction of sp³-hybridized carbons (Fsp3) is 0.400. The van der Waals surface area contributed by atoms with Crippen molar-refractivity contribution in [2.75, 3.05) is 0 Å². The molecule has 0 aliphatic heterocycles. The molecule has 2 nitrogen and oxygen atoms in total. The average molecular weight is 181 g/mol. The molecule has 1 saturated carbocycles. The quantitative estimate of drug-likeness (QED) is 0.732. The Balaban J connectivity index is 2.31. The van der Waals surface area contributed by atoms with Gasteiger partial charge in [-0.3, -0.25) is 0 Å². The van der Waals surface area contributed by atoms with E-state index in [2.05, 4.69) is 0 Å². The minimum absolute atomic E-state index is 0.0980. The summed E-state index contributed by atoms with van der Waals surface area (Å²) in [6.45, 7) is 0. The number of phenolic OH excluding ortho intramolecular Hbond substituents is 1. The van der Waals surface area contributed by atoms with Crippen molar-refractivity contribution < 1.29 is 9.50 Å². The van der Waals surface area contributed by atoms with E-state index >= 15 is 0 Å². The van der Waals surface area contributed by atoms with Crippen molar-refractivity contribution in [2.45, 2.75) is 18.9 Å². The lowest BCUT2D eigenvalue weighted by Gasteiger charge is -2.12. The number of benzene rings is 1. The second-order valence-electron chi connectivity index (χ2n) is 3.57. The van der Waals surface area contributed by atoms with Gasteiger partial charge in [-0.05, 0) is 37.0 Å². The van der Waals surface area contributed by atoms with Crippen molar-refractivity contribution in [1.82, 2.24) is 0 Å². The summed E-state index contributed by atoms with van der Waals surface area (Å²) in [6.07, 6.45) is 2.16. The Morgan fingerprint density at radius 3 is 2.77 bits per heavy atom. The minimum Gasteiger partial charge on any atom is -0.508 e. The molecule has 1 atom stereocenters. The Hall–Kier alpha value is -1.09. The largest absolute Gasteiger partial charge is 0.508 e. The number of aromatic hydroxyl groups is 1. The molecule has 0 bridgehead atoms. The molecule has 13 heavy (non-hydrogen) atoms. The highest BCUT2D eigenvalue weighted by molar-refractivity contribution is 5.35. The van der Waals surface area contributed by atoms with E-state index in [1.807, 2.05) is 0 Å². The van der Waals surface area contributed by atoms with E-state index in [-0.39, 0.29) is 17.6 Å². The Morgan fingerprint density at radius 2 is 2.15 bits per heavy atom. The molecular weight excluding hydrogens is 169 g/mol. The summed E-state index contributed by atoms with van der Waals surface area (Å²) in [7, 11) is 0. The number of rotatable bonds is 2. The van der Waals surface area contributed by atoms with Crippen LogP contribution in [0.25, 0.3) is 0 Å². The molecule has 0 radical (unpaired) electrons. The summed E-state index contributed by atoms with van der Waals surface area (Å²) in [5.41, 5.74) is 6.37. The van der Waals surface area contributed by atoms with Crippen LogP contribution in [0.1, 0.15) is 24.4 Å². The summed E-state index contributed by atoms with van der Waals surface area (Å²) in [5, 5.41) is 9.44. The first-order chi connectivity index (χ1) is 6.18. The zero-order chi connectivity index (χ0) is 9.42. The first-order valence-corrected chi connectivity index (χ1v) is 4.42. The Kier molecular flexibility index (Phi) is 1.96. The number of hydrogen-bond donors (Lipinski definition) is 2. The van der Waals surface area contributed by atoms with Crippen LogP contribution >= 0.6 is 0 Å². The molecule has 1 aliphatic rings. The van der Waals surface area contributed by atoms with E-state index in [4.69, 9.17) is 5.73 Å². The van der Waals surface area contributed by atoms with E-state index in [1.165, 1.54) is 18.2 Å². The number of halogens is 1. The zero-order valence-corrected chi connectivity index (χ0v) is 7.20. The van der Waals surface area contributed by atoms with E-state index < -0.39 is 0 Å². The third kappa shape index (κ3) is 1.65. The van der Waals surface area contributed by atoms with Crippen LogP contribution in [0.4, 0.5) is 4.39 Å². The second kappa shape index (κ2) is 3.00. The van der Waals surface area contributed by atoms with Gasteiger partial charge in [0.05, 0.1) is 0 Å². The van der Waals surface area contributed by atoms with Crippen molar-refractivity contribution in [3.05, 3.63) is 29.6 Å². The summed E-state index contributed by atoms with van der Waals surface area (Å²) < 4.78 is 12.8. The molecule has 3 N–H and O–H groups in total. The third-order valence-electron chi connectivity index (χ3n) is 2.48. The van der Waals surface area contributed by atoms with Gasteiger partial charge in [0.1, 0.15) is 11.6 Å². The fourth-order valence-electron chi connectivity index (χ4n) is 1.50. The first-order valence-electron chi connectivity index (χ1n) is 4.42. The molecule has 0 spiro atoms. The van der Waals surface area contributed by atoms with Crippen molar-refractivity contribution in [3.63, 3.8) is 0 Å². The lowest BCUT2D eigenvalue weighted by atomic mass is 10.0. The maximum Gasteiger partial charge on any atom is 0.123 e. The van der Waals surface area contributed by atoms with Crippen molar-refractivity contribution in [3.8, 4) is 5.75 Å². The molecular formula is C10H12FNO. The Labute approximate surface area is 76.2 Å².